The molecule has 0 aliphatic rings. The second kappa shape index (κ2) is 5.54. The molecule has 5 nitrogen and oxygen atoms in total. The summed E-state index contributed by atoms with van der Waals surface area (Å²) in [6.45, 7) is 1.94. The summed E-state index contributed by atoms with van der Waals surface area (Å²) in [5, 5.41) is 18.5. The molecule has 0 bridgehead atoms. The second-order valence-electron chi connectivity index (χ2n) is 3.92. The smallest absolute Gasteiger partial charge is 0.320 e. The Kier molecular flexibility index (Phi) is 4.34. The maximum Gasteiger partial charge on any atom is 0.320 e. The molecule has 0 fully saturated rings. The molecule has 0 amide bonds. The molecule has 1 atom stereocenters. The van der Waals surface area contributed by atoms with E-state index in [1.807, 2.05) is 0 Å². The van der Waals surface area contributed by atoms with Crippen LogP contribution in [0.4, 0.5) is 0 Å². The molecular weight excluding hydrogens is 222 g/mol. The van der Waals surface area contributed by atoms with Gasteiger partial charge in [0.1, 0.15) is 17.5 Å². The number of carbonyl (C=O) groups is 1. The quantitative estimate of drug-likeness (QED) is 0.810. The van der Waals surface area contributed by atoms with Crippen molar-refractivity contribution in [3.8, 4) is 11.5 Å². The Bertz CT molecular complexity index is 405. The van der Waals surface area contributed by atoms with E-state index in [0.29, 0.717) is 17.9 Å². The fourth-order valence-corrected chi connectivity index (χ4v) is 1.41. The lowest BCUT2D eigenvalue weighted by atomic mass is 10.1. The lowest BCUT2D eigenvalue weighted by Crippen LogP contribution is -2.35. The molecule has 1 rings (SSSR count). The minimum atomic E-state index is -0.894. The van der Waals surface area contributed by atoms with Crippen molar-refractivity contribution in [3.05, 3.63) is 23.8 Å². The molecule has 0 heterocycles. The van der Waals surface area contributed by atoms with Crippen molar-refractivity contribution in [2.45, 2.75) is 19.5 Å². The summed E-state index contributed by atoms with van der Waals surface area (Å²) in [5.41, 5.74) is 0.639. The Balaban J connectivity index is 2.83. The number of rotatable bonds is 5. The molecule has 0 aliphatic heterocycles. The number of methoxy groups -OCH3 is 1. The summed E-state index contributed by atoms with van der Waals surface area (Å²) in [7, 11) is 3.23. The number of aromatic hydroxyl groups is 1. The van der Waals surface area contributed by atoms with Gasteiger partial charge in [0.25, 0.3) is 0 Å². The van der Waals surface area contributed by atoms with E-state index in [2.05, 4.69) is 0 Å². The highest BCUT2D eigenvalue weighted by Crippen LogP contribution is 2.24. The van der Waals surface area contributed by atoms with E-state index < -0.39 is 12.0 Å². The molecule has 17 heavy (non-hydrogen) atoms. The lowest BCUT2D eigenvalue weighted by molar-refractivity contribution is -0.142. The van der Waals surface area contributed by atoms with Crippen LogP contribution in [-0.4, -0.2) is 41.3 Å². The highest BCUT2D eigenvalue weighted by Gasteiger charge is 2.18. The Morgan fingerprint density at radius 2 is 2.18 bits per heavy atom. The van der Waals surface area contributed by atoms with Gasteiger partial charge >= 0.3 is 5.97 Å². The molecule has 5 heteroatoms. The van der Waals surface area contributed by atoms with Gasteiger partial charge in [-0.3, -0.25) is 9.69 Å². The van der Waals surface area contributed by atoms with E-state index in [1.54, 1.807) is 38.1 Å². The third kappa shape index (κ3) is 3.35. The number of carboxylic acid groups (broad SMARTS) is 1. The number of phenolic OH excluding ortho intramolecular Hbond substituents is 1. The Morgan fingerprint density at radius 3 is 2.71 bits per heavy atom. The zero-order chi connectivity index (χ0) is 13.0. The Morgan fingerprint density at radius 1 is 1.53 bits per heavy atom. The largest absolute Gasteiger partial charge is 0.508 e. The zero-order valence-electron chi connectivity index (χ0n) is 10.2. The number of hydrogen-bond donors (Lipinski definition) is 2. The van der Waals surface area contributed by atoms with Gasteiger partial charge in [-0.25, -0.2) is 0 Å². The molecule has 0 saturated heterocycles. The summed E-state index contributed by atoms with van der Waals surface area (Å²) in [4.78, 5) is 12.4. The first kappa shape index (κ1) is 13.3. The van der Waals surface area contributed by atoms with Gasteiger partial charge < -0.3 is 14.9 Å². The lowest BCUT2D eigenvalue weighted by Gasteiger charge is -2.21. The monoisotopic (exact) mass is 239 g/mol. The van der Waals surface area contributed by atoms with Crippen LogP contribution in [0.25, 0.3) is 0 Å². The van der Waals surface area contributed by atoms with Crippen LogP contribution in [0.3, 0.4) is 0 Å². The maximum atomic E-state index is 10.8. The van der Waals surface area contributed by atoms with Gasteiger partial charge in [-0.2, -0.15) is 0 Å². The van der Waals surface area contributed by atoms with Gasteiger partial charge in [-0.15, -0.1) is 0 Å². The van der Waals surface area contributed by atoms with Crippen molar-refractivity contribution in [1.29, 1.82) is 0 Å². The maximum absolute atomic E-state index is 10.8. The van der Waals surface area contributed by atoms with Crippen LogP contribution in [0.15, 0.2) is 18.2 Å². The van der Waals surface area contributed by atoms with Crippen molar-refractivity contribution in [2.75, 3.05) is 14.2 Å². The van der Waals surface area contributed by atoms with Crippen LogP contribution in [0, 0.1) is 0 Å². The van der Waals surface area contributed by atoms with E-state index in [-0.39, 0.29) is 5.75 Å². The molecule has 1 aromatic rings. The molecule has 0 spiro atoms. The number of phenols is 1. The van der Waals surface area contributed by atoms with Crippen molar-refractivity contribution < 1.29 is 19.7 Å². The van der Waals surface area contributed by atoms with Crippen LogP contribution < -0.4 is 4.74 Å². The van der Waals surface area contributed by atoms with Crippen molar-refractivity contribution in [1.82, 2.24) is 4.90 Å². The highest BCUT2D eigenvalue weighted by molar-refractivity contribution is 5.72. The van der Waals surface area contributed by atoms with Gasteiger partial charge in [0.2, 0.25) is 0 Å². The predicted molar refractivity (Wildman–Crippen MR) is 63.2 cm³/mol. The van der Waals surface area contributed by atoms with E-state index >= 15 is 0 Å². The Hall–Kier alpha value is -1.75. The van der Waals surface area contributed by atoms with E-state index in [0.717, 1.165) is 0 Å². The number of benzene rings is 1. The number of aliphatic carboxylic acids is 1. The Labute approximate surface area is 100 Å². The number of hydrogen-bond acceptors (Lipinski definition) is 4. The summed E-state index contributed by atoms with van der Waals surface area (Å²) < 4.78 is 5.05. The SMILES string of the molecule is COc1ccc(O)c(CN(C)C(C)C(=O)O)c1. The fourth-order valence-electron chi connectivity index (χ4n) is 1.41. The van der Waals surface area contributed by atoms with E-state index in [1.165, 1.54) is 6.07 Å². The minimum Gasteiger partial charge on any atom is -0.508 e. The van der Waals surface area contributed by atoms with E-state index in [4.69, 9.17) is 9.84 Å². The third-order valence-corrected chi connectivity index (χ3v) is 2.72. The first-order chi connectivity index (χ1) is 7.95. The average Bonchev–Trinajstić information content (AvgIpc) is 2.30. The number of carboxylic acids is 1. The summed E-state index contributed by atoms with van der Waals surface area (Å²) in [5.74, 6) is -0.126. The first-order valence-electron chi connectivity index (χ1n) is 5.24. The molecule has 0 aromatic heterocycles. The van der Waals surface area contributed by atoms with Crippen molar-refractivity contribution in [2.24, 2.45) is 0 Å². The highest BCUT2D eigenvalue weighted by atomic mass is 16.5. The number of nitrogens with zero attached hydrogens (tertiary/aromatic N) is 1. The molecule has 0 radical (unpaired) electrons. The molecule has 1 unspecified atom stereocenters. The molecule has 94 valence electrons. The summed E-state index contributed by atoms with van der Waals surface area (Å²) in [6.07, 6.45) is 0. The number of ether oxygens (including phenoxy) is 1. The van der Waals surface area contributed by atoms with Gasteiger partial charge in [-0.05, 0) is 32.2 Å². The summed E-state index contributed by atoms with van der Waals surface area (Å²) in [6, 6.07) is 4.27. The first-order valence-corrected chi connectivity index (χ1v) is 5.24. The van der Waals surface area contributed by atoms with Gasteiger partial charge in [0.15, 0.2) is 0 Å². The average molecular weight is 239 g/mol. The van der Waals surface area contributed by atoms with Gasteiger partial charge in [0.05, 0.1) is 7.11 Å². The normalized spacial score (nSPS) is 12.5. The minimum absolute atomic E-state index is 0.134. The molecule has 0 saturated carbocycles. The molecule has 2 N–H and O–H groups in total. The number of likely N-dealkylation sites (N-methyl/N-ethyl adjacent to an activating group) is 1. The van der Waals surface area contributed by atoms with Crippen LogP contribution >= 0.6 is 0 Å². The third-order valence-electron chi connectivity index (χ3n) is 2.72. The van der Waals surface area contributed by atoms with Gasteiger partial charge in [0, 0.05) is 12.1 Å². The molecular formula is C12H17NO4. The zero-order valence-corrected chi connectivity index (χ0v) is 10.2. The molecule has 0 aliphatic carbocycles. The van der Waals surface area contributed by atoms with Crippen LogP contribution in [0.2, 0.25) is 0 Å². The molecule has 1 aromatic carbocycles. The predicted octanol–water partition coefficient (Wildman–Crippen LogP) is 1.31. The van der Waals surface area contributed by atoms with Crippen molar-refractivity contribution in [3.63, 3.8) is 0 Å². The van der Waals surface area contributed by atoms with Gasteiger partial charge in [-0.1, -0.05) is 0 Å². The van der Waals surface area contributed by atoms with Crippen LogP contribution in [0.5, 0.6) is 11.5 Å². The topological polar surface area (TPSA) is 70.0 Å². The van der Waals surface area contributed by atoms with Crippen LogP contribution in [-0.2, 0) is 11.3 Å². The standard InChI is InChI=1S/C12H17NO4/c1-8(12(15)16)13(2)7-9-6-10(17-3)4-5-11(9)14/h4-6,8,14H,7H2,1-3H3,(H,15,16). The van der Waals surface area contributed by atoms with E-state index in [9.17, 15) is 9.90 Å². The van der Waals surface area contributed by atoms with Crippen LogP contribution in [0.1, 0.15) is 12.5 Å². The summed E-state index contributed by atoms with van der Waals surface area (Å²) >= 11 is 0. The fraction of sp³-hybridized carbons (Fsp3) is 0.417. The van der Waals surface area contributed by atoms with Crippen molar-refractivity contribution >= 4 is 5.97 Å². The second-order valence-corrected chi connectivity index (χ2v) is 3.92.